The third kappa shape index (κ3) is 1.64. The first-order valence-corrected chi connectivity index (χ1v) is 5.30. The highest BCUT2D eigenvalue weighted by Gasteiger charge is 2.24. The minimum Gasteiger partial charge on any atom is -0.297 e. The lowest BCUT2D eigenvalue weighted by Crippen LogP contribution is -2.17. The number of carbonyl (C=O) groups is 1. The number of likely N-dealkylation sites (tertiary alicyclic amines) is 1. The van der Waals surface area contributed by atoms with Crippen LogP contribution in [0.25, 0.3) is 0 Å². The van der Waals surface area contributed by atoms with Crippen LogP contribution in [0.2, 0.25) is 0 Å². The minimum atomic E-state index is 0.443. The van der Waals surface area contributed by atoms with Crippen molar-refractivity contribution < 1.29 is 4.79 Å². The van der Waals surface area contributed by atoms with Crippen LogP contribution in [0.5, 0.6) is 0 Å². The second kappa shape index (κ2) is 3.55. The van der Waals surface area contributed by atoms with Crippen LogP contribution in [0.3, 0.4) is 0 Å². The molecule has 1 aliphatic rings. The molecule has 1 aliphatic heterocycles. The maximum atomic E-state index is 10.4. The number of nitrogens with zero attached hydrogens (tertiary/aromatic N) is 2. The largest absolute Gasteiger partial charge is 0.297 e. The lowest BCUT2D eigenvalue weighted by atomic mass is 10.2. The van der Waals surface area contributed by atoms with Crippen LogP contribution in [0.4, 0.5) is 0 Å². The van der Waals surface area contributed by atoms with Gasteiger partial charge in [-0.2, -0.15) is 0 Å². The molecule has 2 rings (SSSR count). The second-order valence-corrected chi connectivity index (χ2v) is 4.26. The molecule has 0 spiro atoms. The van der Waals surface area contributed by atoms with Gasteiger partial charge < -0.3 is 0 Å². The Bertz CT molecular complexity index is 310. The van der Waals surface area contributed by atoms with Crippen molar-refractivity contribution in [2.45, 2.75) is 18.9 Å². The molecule has 1 atom stereocenters. The highest BCUT2D eigenvalue weighted by atomic mass is 32.1. The van der Waals surface area contributed by atoms with E-state index in [1.165, 1.54) is 12.8 Å². The van der Waals surface area contributed by atoms with Crippen LogP contribution in [0.15, 0.2) is 5.38 Å². The average Bonchev–Trinajstić information content (AvgIpc) is 2.71. The molecule has 4 heteroatoms. The Balaban J connectivity index is 2.19. The standard InChI is InChI=1S/C9H12N2OS/c1-11-4-2-3-8(11)9-10-7(5-12)6-13-9/h5-6,8H,2-4H2,1H3. The summed E-state index contributed by atoms with van der Waals surface area (Å²) in [7, 11) is 2.11. The van der Waals surface area contributed by atoms with Crippen molar-refractivity contribution in [3.63, 3.8) is 0 Å². The lowest BCUT2D eigenvalue weighted by molar-refractivity contribution is 0.111. The zero-order valence-electron chi connectivity index (χ0n) is 7.56. The van der Waals surface area contributed by atoms with E-state index >= 15 is 0 Å². The molecular weight excluding hydrogens is 184 g/mol. The first-order chi connectivity index (χ1) is 6.31. The maximum Gasteiger partial charge on any atom is 0.169 e. The van der Waals surface area contributed by atoms with E-state index in [-0.39, 0.29) is 0 Å². The van der Waals surface area contributed by atoms with Crippen molar-refractivity contribution in [3.8, 4) is 0 Å². The molecule has 1 saturated heterocycles. The van der Waals surface area contributed by atoms with Gasteiger partial charge in [-0.15, -0.1) is 11.3 Å². The van der Waals surface area contributed by atoms with Gasteiger partial charge in [0.2, 0.25) is 0 Å². The number of carbonyl (C=O) groups excluding carboxylic acids is 1. The maximum absolute atomic E-state index is 10.4. The first-order valence-electron chi connectivity index (χ1n) is 4.42. The van der Waals surface area contributed by atoms with Gasteiger partial charge in [-0.3, -0.25) is 9.69 Å². The van der Waals surface area contributed by atoms with Crippen molar-refractivity contribution in [2.24, 2.45) is 0 Å². The van der Waals surface area contributed by atoms with E-state index in [1.807, 2.05) is 5.38 Å². The predicted molar refractivity (Wildman–Crippen MR) is 52.1 cm³/mol. The summed E-state index contributed by atoms with van der Waals surface area (Å²) in [5, 5.41) is 2.91. The van der Waals surface area contributed by atoms with E-state index in [4.69, 9.17) is 0 Å². The third-order valence-corrected chi connectivity index (χ3v) is 3.43. The SMILES string of the molecule is CN1CCCC1c1nc(C=O)cs1. The van der Waals surface area contributed by atoms with Gasteiger partial charge in [0.05, 0.1) is 6.04 Å². The zero-order chi connectivity index (χ0) is 9.26. The van der Waals surface area contributed by atoms with Crippen LogP contribution >= 0.6 is 11.3 Å². The van der Waals surface area contributed by atoms with Crippen LogP contribution in [0, 0.1) is 0 Å². The van der Waals surface area contributed by atoms with Gasteiger partial charge in [-0.1, -0.05) is 0 Å². The molecule has 0 aromatic carbocycles. The van der Waals surface area contributed by atoms with Crippen molar-refractivity contribution >= 4 is 17.6 Å². The molecule has 70 valence electrons. The fraction of sp³-hybridized carbons (Fsp3) is 0.556. The quantitative estimate of drug-likeness (QED) is 0.675. The van der Waals surface area contributed by atoms with Crippen LogP contribution in [0.1, 0.15) is 34.4 Å². The molecule has 1 aromatic rings. The van der Waals surface area contributed by atoms with E-state index in [9.17, 15) is 4.79 Å². The summed E-state index contributed by atoms with van der Waals surface area (Å²) < 4.78 is 0. The third-order valence-electron chi connectivity index (χ3n) is 2.47. The van der Waals surface area contributed by atoms with Gasteiger partial charge in [0, 0.05) is 5.38 Å². The van der Waals surface area contributed by atoms with Crippen molar-refractivity contribution in [1.82, 2.24) is 9.88 Å². The minimum absolute atomic E-state index is 0.443. The van der Waals surface area contributed by atoms with Gasteiger partial charge in [-0.25, -0.2) is 4.98 Å². The smallest absolute Gasteiger partial charge is 0.169 e. The predicted octanol–water partition coefficient (Wildman–Crippen LogP) is 1.72. The molecule has 2 heterocycles. The van der Waals surface area contributed by atoms with E-state index in [1.54, 1.807) is 11.3 Å². The van der Waals surface area contributed by atoms with Crippen molar-refractivity contribution in [2.75, 3.05) is 13.6 Å². The molecule has 1 fully saturated rings. The van der Waals surface area contributed by atoms with E-state index in [0.29, 0.717) is 11.7 Å². The van der Waals surface area contributed by atoms with Gasteiger partial charge in [0.25, 0.3) is 0 Å². The average molecular weight is 196 g/mol. The van der Waals surface area contributed by atoms with Crippen LogP contribution in [-0.2, 0) is 0 Å². The fourth-order valence-corrected chi connectivity index (χ4v) is 2.69. The molecule has 0 bridgehead atoms. The molecule has 1 aromatic heterocycles. The highest BCUT2D eigenvalue weighted by molar-refractivity contribution is 7.09. The van der Waals surface area contributed by atoms with Gasteiger partial charge in [0.15, 0.2) is 6.29 Å². The van der Waals surface area contributed by atoms with E-state index < -0.39 is 0 Å². The number of hydrogen-bond acceptors (Lipinski definition) is 4. The molecule has 1 unspecified atom stereocenters. The zero-order valence-corrected chi connectivity index (χ0v) is 8.38. The first kappa shape index (κ1) is 8.84. The molecule has 0 N–H and O–H groups in total. The Kier molecular flexibility index (Phi) is 2.42. The number of rotatable bonds is 2. The van der Waals surface area contributed by atoms with Gasteiger partial charge in [0.1, 0.15) is 10.7 Å². The summed E-state index contributed by atoms with van der Waals surface area (Å²) in [6.07, 6.45) is 3.22. The molecule has 0 aliphatic carbocycles. The summed E-state index contributed by atoms with van der Waals surface area (Å²) in [6.45, 7) is 1.14. The summed E-state index contributed by atoms with van der Waals surface area (Å²) in [6, 6.07) is 0.443. The molecule has 0 saturated carbocycles. The molecule has 0 radical (unpaired) electrons. The van der Waals surface area contributed by atoms with Gasteiger partial charge in [-0.05, 0) is 26.4 Å². The normalized spacial score (nSPS) is 23.6. The lowest BCUT2D eigenvalue weighted by Gasteiger charge is -2.15. The van der Waals surface area contributed by atoms with Crippen molar-refractivity contribution in [1.29, 1.82) is 0 Å². The van der Waals surface area contributed by atoms with E-state index in [2.05, 4.69) is 16.9 Å². The van der Waals surface area contributed by atoms with Crippen molar-refractivity contribution in [3.05, 3.63) is 16.1 Å². The number of aldehydes is 1. The molecule has 13 heavy (non-hydrogen) atoms. The second-order valence-electron chi connectivity index (χ2n) is 3.37. The number of hydrogen-bond donors (Lipinski definition) is 0. The summed E-state index contributed by atoms with van der Waals surface area (Å²) in [4.78, 5) is 17.0. The summed E-state index contributed by atoms with van der Waals surface area (Å²) in [5.41, 5.74) is 0.570. The Morgan fingerprint density at radius 2 is 2.62 bits per heavy atom. The number of thiazole rings is 1. The molecule has 0 amide bonds. The Hall–Kier alpha value is -0.740. The Morgan fingerprint density at radius 3 is 3.15 bits per heavy atom. The van der Waals surface area contributed by atoms with Crippen LogP contribution < -0.4 is 0 Å². The topological polar surface area (TPSA) is 33.2 Å². The monoisotopic (exact) mass is 196 g/mol. The Morgan fingerprint density at radius 1 is 1.77 bits per heavy atom. The molecular formula is C9H12N2OS. The number of aromatic nitrogens is 1. The highest BCUT2D eigenvalue weighted by Crippen LogP contribution is 2.31. The summed E-state index contributed by atoms with van der Waals surface area (Å²) >= 11 is 1.59. The Labute approximate surface area is 81.4 Å². The van der Waals surface area contributed by atoms with Gasteiger partial charge >= 0.3 is 0 Å². The molecule has 3 nitrogen and oxygen atoms in total. The van der Waals surface area contributed by atoms with E-state index in [0.717, 1.165) is 17.8 Å². The summed E-state index contributed by atoms with van der Waals surface area (Å²) in [5.74, 6) is 0. The fourth-order valence-electron chi connectivity index (χ4n) is 1.73. The van der Waals surface area contributed by atoms with Crippen LogP contribution in [-0.4, -0.2) is 29.8 Å².